The van der Waals surface area contributed by atoms with E-state index < -0.39 is 37.0 Å². The molecule has 0 unspecified atom stereocenters. The molecule has 0 spiro atoms. The lowest BCUT2D eigenvalue weighted by Crippen LogP contribution is -2.41. The van der Waals surface area contributed by atoms with E-state index in [1.807, 2.05) is 0 Å². The highest BCUT2D eigenvalue weighted by atomic mass is 16.5. The lowest BCUT2D eigenvalue weighted by molar-refractivity contribution is -0.131. The van der Waals surface area contributed by atoms with E-state index in [1.54, 1.807) is 18.2 Å². The third kappa shape index (κ3) is 6.65. The van der Waals surface area contributed by atoms with Crippen molar-refractivity contribution in [2.24, 2.45) is 0 Å². The largest absolute Gasteiger partial charge is 0.478 e. The van der Waals surface area contributed by atoms with Crippen LogP contribution >= 0.6 is 0 Å². The van der Waals surface area contributed by atoms with Crippen LogP contribution in [0.4, 0.5) is 0 Å². The van der Waals surface area contributed by atoms with Crippen LogP contribution in [0.15, 0.2) is 42.7 Å². The number of carboxylic acid groups (broad SMARTS) is 1. The number of aliphatic hydroxyl groups is 5. The number of carbonyl (C=O) groups is 1. The van der Waals surface area contributed by atoms with Crippen molar-refractivity contribution in [3.8, 4) is 5.75 Å². The molecule has 25 heavy (non-hydrogen) atoms. The SMILES string of the molecule is C=C(Oc1ccccc1/C=C/C(=O)O)[C@@H](O)[C@H](O)[C@@H](O)C[C@@H](O)CO. The van der Waals surface area contributed by atoms with Crippen molar-refractivity contribution in [1.29, 1.82) is 0 Å². The smallest absolute Gasteiger partial charge is 0.328 e. The zero-order chi connectivity index (χ0) is 19.0. The number of aliphatic hydroxyl groups excluding tert-OH is 5. The summed E-state index contributed by atoms with van der Waals surface area (Å²) >= 11 is 0. The molecule has 0 aliphatic carbocycles. The van der Waals surface area contributed by atoms with Crippen LogP contribution in [0.25, 0.3) is 6.08 Å². The Morgan fingerprint density at radius 1 is 1.20 bits per heavy atom. The van der Waals surface area contributed by atoms with E-state index in [-0.39, 0.29) is 17.9 Å². The summed E-state index contributed by atoms with van der Waals surface area (Å²) < 4.78 is 5.37. The predicted molar refractivity (Wildman–Crippen MR) is 88.6 cm³/mol. The second kappa shape index (κ2) is 9.92. The molecule has 0 heterocycles. The molecule has 4 atom stereocenters. The molecule has 8 heteroatoms. The number of ether oxygens (including phenoxy) is 1. The lowest BCUT2D eigenvalue weighted by Gasteiger charge is -2.25. The molecule has 0 radical (unpaired) electrons. The second-order valence-corrected chi connectivity index (χ2v) is 5.35. The van der Waals surface area contributed by atoms with E-state index in [1.165, 1.54) is 12.1 Å². The van der Waals surface area contributed by atoms with E-state index in [4.69, 9.17) is 14.9 Å². The topological polar surface area (TPSA) is 148 Å². The summed E-state index contributed by atoms with van der Waals surface area (Å²) in [5.74, 6) is -1.23. The van der Waals surface area contributed by atoms with Crippen molar-refractivity contribution >= 4 is 12.0 Å². The summed E-state index contributed by atoms with van der Waals surface area (Å²) in [4.78, 5) is 10.6. The van der Waals surface area contributed by atoms with Gasteiger partial charge in [-0.05, 0) is 12.1 Å². The minimum atomic E-state index is -1.70. The predicted octanol–water partition coefficient (Wildman–Crippen LogP) is -0.497. The molecule has 0 aromatic heterocycles. The van der Waals surface area contributed by atoms with Gasteiger partial charge in [-0.25, -0.2) is 4.79 Å². The van der Waals surface area contributed by atoms with Gasteiger partial charge in [0.2, 0.25) is 0 Å². The third-order valence-electron chi connectivity index (χ3n) is 3.34. The van der Waals surface area contributed by atoms with Crippen LogP contribution in [0, 0.1) is 0 Å². The maximum Gasteiger partial charge on any atom is 0.328 e. The average Bonchev–Trinajstić information content (AvgIpc) is 2.59. The van der Waals surface area contributed by atoms with Crippen LogP contribution in [-0.2, 0) is 4.79 Å². The number of aliphatic carboxylic acids is 1. The first-order valence-corrected chi connectivity index (χ1v) is 7.46. The van der Waals surface area contributed by atoms with Crippen molar-refractivity contribution in [3.05, 3.63) is 48.2 Å². The lowest BCUT2D eigenvalue weighted by atomic mass is 10.0. The Morgan fingerprint density at radius 3 is 2.44 bits per heavy atom. The third-order valence-corrected chi connectivity index (χ3v) is 3.34. The Balaban J connectivity index is 2.80. The van der Waals surface area contributed by atoms with Crippen molar-refractivity contribution < 1.29 is 40.2 Å². The molecule has 0 aliphatic heterocycles. The second-order valence-electron chi connectivity index (χ2n) is 5.35. The number of hydrogen-bond acceptors (Lipinski definition) is 7. The molecule has 1 rings (SSSR count). The van der Waals surface area contributed by atoms with Crippen LogP contribution in [0.3, 0.4) is 0 Å². The fraction of sp³-hybridized carbons (Fsp3) is 0.353. The molecule has 6 N–H and O–H groups in total. The summed E-state index contributed by atoms with van der Waals surface area (Å²) in [6.07, 6.45) is -4.27. The number of rotatable bonds is 10. The number of carboxylic acids is 1. The van der Waals surface area contributed by atoms with Gasteiger partial charge in [0, 0.05) is 18.1 Å². The summed E-state index contributed by atoms with van der Waals surface area (Å²) in [5, 5.41) is 56.3. The molecule has 0 bridgehead atoms. The summed E-state index contributed by atoms with van der Waals surface area (Å²) in [5.41, 5.74) is 0.406. The quantitative estimate of drug-likeness (QED) is 0.243. The molecule has 0 fully saturated rings. The van der Waals surface area contributed by atoms with Gasteiger partial charge >= 0.3 is 5.97 Å². The summed E-state index contributed by atoms with van der Waals surface area (Å²) in [6, 6.07) is 6.37. The fourth-order valence-corrected chi connectivity index (χ4v) is 1.97. The van der Waals surface area contributed by atoms with E-state index in [0.717, 1.165) is 6.08 Å². The van der Waals surface area contributed by atoms with Crippen LogP contribution < -0.4 is 4.74 Å². The Bertz CT molecular complexity index is 612. The maximum absolute atomic E-state index is 10.6. The molecular weight excluding hydrogens is 332 g/mol. The van der Waals surface area contributed by atoms with Crippen molar-refractivity contribution in [3.63, 3.8) is 0 Å². The molecule has 8 nitrogen and oxygen atoms in total. The van der Waals surface area contributed by atoms with Gasteiger partial charge in [0.1, 0.15) is 23.7 Å². The van der Waals surface area contributed by atoms with E-state index in [9.17, 15) is 25.2 Å². The van der Waals surface area contributed by atoms with E-state index >= 15 is 0 Å². The van der Waals surface area contributed by atoms with Crippen LogP contribution in [-0.4, -0.2) is 67.6 Å². The average molecular weight is 354 g/mol. The van der Waals surface area contributed by atoms with Crippen LogP contribution in [0.1, 0.15) is 12.0 Å². The van der Waals surface area contributed by atoms with Crippen molar-refractivity contribution in [1.82, 2.24) is 0 Å². The monoisotopic (exact) mass is 354 g/mol. The minimum Gasteiger partial charge on any atom is -0.478 e. The molecule has 0 saturated carbocycles. The Labute approximate surface area is 144 Å². The maximum atomic E-state index is 10.6. The molecule has 1 aromatic carbocycles. The highest BCUT2D eigenvalue weighted by molar-refractivity contribution is 5.85. The molecule has 0 saturated heterocycles. The van der Waals surface area contributed by atoms with E-state index in [0.29, 0.717) is 5.56 Å². The molecule has 1 aromatic rings. The molecule has 0 aliphatic rings. The zero-order valence-electron chi connectivity index (χ0n) is 13.4. The van der Waals surface area contributed by atoms with Crippen molar-refractivity contribution in [2.75, 3.05) is 6.61 Å². The van der Waals surface area contributed by atoms with Gasteiger partial charge in [-0.15, -0.1) is 0 Å². The first kappa shape index (κ1) is 20.8. The number of hydrogen-bond donors (Lipinski definition) is 6. The first-order valence-electron chi connectivity index (χ1n) is 7.46. The highest BCUT2D eigenvalue weighted by Gasteiger charge is 2.29. The summed E-state index contributed by atoms with van der Waals surface area (Å²) in [7, 11) is 0. The molecule has 138 valence electrons. The van der Waals surface area contributed by atoms with Crippen molar-refractivity contribution in [2.45, 2.75) is 30.8 Å². The zero-order valence-corrected chi connectivity index (χ0v) is 13.4. The van der Waals surface area contributed by atoms with Gasteiger partial charge in [-0.3, -0.25) is 0 Å². The van der Waals surface area contributed by atoms with E-state index in [2.05, 4.69) is 6.58 Å². The number of para-hydroxylation sites is 1. The Morgan fingerprint density at radius 2 is 1.84 bits per heavy atom. The molecular formula is C17H22O8. The Hall–Kier alpha value is -2.23. The summed E-state index contributed by atoms with van der Waals surface area (Å²) in [6.45, 7) is 2.90. The normalized spacial score (nSPS) is 16.2. The fourth-order valence-electron chi connectivity index (χ4n) is 1.97. The van der Waals surface area contributed by atoms with Crippen LogP contribution in [0.2, 0.25) is 0 Å². The molecule has 0 amide bonds. The van der Waals surface area contributed by atoms with Gasteiger partial charge in [-0.2, -0.15) is 0 Å². The van der Waals surface area contributed by atoms with Gasteiger partial charge < -0.3 is 35.4 Å². The first-order chi connectivity index (χ1) is 11.8. The van der Waals surface area contributed by atoms with Gasteiger partial charge in [0.05, 0.1) is 18.8 Å². The minimum absolute atomic E-state index is 0.195. The Kier molecular flexibility index (Phi) is 8.26. The standard InChI is InChI=1S/C17H22O8/c1-10(16(23)17(24)13(20)8-12(19)9-18)25-14-5-3-2-4-11(14)6-7-15(21)22/h2-7,12-13,16-20,23-24H,1,8-9H2,(H,21,22)/b7-6+/t12-,13+,16-,17-/m1/s1. The highest BCUT2D eigenvalue weighted by Crippen LogP contribution is 2.23. The number of benzene rings is 1. The van der Waals surface area contributed by atoms with Gasteiger partial charge in [0.15, 0.2) is 0 Å². The van der Waals surface area contributed by atoms with Crippen LogP contribution in [0.5, 0.6) is 5.75 Å². The van der Waals surface area contributed by atoms with Gasteiger partial charge in [-0.1, -0.05) is 24.8 Å². The van der Waals surface area contributed by atoms with Gasteiger partial charge in [0.25, 0.3) is 0 Å².